The van der Waals surface area contributed by atoms with E-state index in [1.807, 2.05) is 29.2 Å². The molecule has 2 aliphatic heterocycles. The van der Waals surface area contributed by atoms with Crippen molar-refractivity contribution >= 4 is 23.2 Å². The number of likely N-dealkylation sites (tertiary alicyclic amines) is 1. The number of nitrogens with two attached hydrogens (primary N) is 1. The number of primary amides is 1. The van der Waals surface area contributed by atoms with Crippen LogP contribution in [-0.2, 0) is 9.59 Å². The molecule has 1 aromatic rings. The molecule has 2 aliphatic rings. The first-order chi connectivity index (χ1) is 9.57. The van der Waals surface area contributed by atoms with Gasteiger partial charge in [0.15, 0.2) is 5.66 Å². The highest BCUT2D eigenvalue weighted by atomic mass is 16.2. The summed E-state index contributed by atoms with van der Waals surface area (Å²) in [6, 6.07) is 7.75. The van der Waals surface area contributed by atoms with E-state index >= 15 is 0 Å². The van der Waals surface area contributed by atoms with E-state index in [2.05, 4.69) is 5.32 Å². The minimum absolute atomic E-state index is 0.120. The van der Waals surface area contributed by atoms with E-state index in [-0.39, 0.29) is 5.91 Å². The highest BCUT2D eigenvalue weighted by molar-refractivity contribution is 5.95. The lowest BCUT2D eigenvalue weighted by atomic mass is 10.0. The fraction of sp³-hybridized carbons (Fsp3) is 0.429. The Labute approximate surface area is 117 Å². The summed E-state index contributed by atoms with van der Waals surface area (Å²) in [7, 11) is 0. The van der Waals surface area contributed by atoms with Crippen molar-refractivity contribution in [3.63, 3.8) is 0 Å². The number of anilines is 2. The minimum atomic E-state index is -1.05. The number of amides is 2. The molecular formula is C14H18N4O2. The van der Waals surface area contributed by atoms with Gasteiger partial charge >= 0.3 is 0 Å². The normalized spacial score (nSPS) is 24.4. The van der Waals surface area contributed by atoms with Gasteiger partial charge in [0.1, 0.15) is 0 Å². The third-order valence-electron chi connectivity index (χ3n) is 4.20. The summed E-state index contributed by atoms with van der Waals surface area (Å²) in [6.07, 6.45) is 1.35. The SMILES string of the molecule is CC(=O)N1CCCC1(C(N)=O)N1CNc2ccccc21. The Bertz CT molecular complexity index is 574. The van der Waals surface area contributed by atoms with Crippen LogP contribution < -0.4 is 16.0 Å². The van der Waals surface area contributed by atoms with E-state index < -0.39 is 11.6 Å². The van der Waals surface area contributed by atoms with E-state index in [0.29, 0.717) is 19.6 Å². The van der Waals surface area contributed by atoms with Gasteiger partial charge in [-0.3, -0.25) is 9.59 Å². The Morgan fingerprint density at radius 1 is 1.35 bits per heavy atom. The number of nitrogens with zero attached hydrogens (tertiary/aromatic N) is 2. The quantitative estimate of drug-likeness (QED) is 0.832. The first kappa shape index (κ1) is 12.8. The van der Waals surface area contributed by atoms with Gasteiger partial charge in [-0.25, -0.2) is 0 Å². The Morgan fingerprint density at radius 3 is 2.80 bits per heavy atom. The molecule has 6 heteroatoms. The van der Waals surface area contributed by atoms with Crippen molar-refractivity contribution in [1.29, 1.82) is 0 Å². The number of para-hydroxylation sites is 2. The van der Waals surface area contributed by atoms with Crippen LogP contribution in [0.1, 0.15) is 19.8 Å². The summed E-state index contributed by atoms with van der Waals surface area (Å²) < 4.78 is 0. The lowest BCUT2D eigenvalue weighted by molar-refractivity contribution is -0.142. The number of rotatable bonds is 2. The van der Waals surface area contributed by atoms with Gasteiger partial charge in [0.05, 0.1) is 18.0 Å². The smallest absolute Gasteiger partial charge is 0.264 e. The molecule has 3 rings (SSSR count). The molecule has 0 spiro atoms. The highest BCUT2D eigenvalue weighted by Gasteiger charge is 2.53. The summed E-state index contributed by atoms with van der Waals surface area (Å²) in [4.78, 5) is 27.6. The molecule has 1 atom stereocenters. The first-order valence-corrected chi connectivity index (χ1v) is 6.76. The van der Waals surface area contributed by atoms with E-state index in [9.17, 15) is 9.59 Å². The average Bonchev–Trinajstić information content (AvgIpc) is 3.02. The summed E-state index contributed by atoms with van der Waals surface area (Å²) >= 11 is 0. The van der Waals surface area contributed by atoms with Crippen LogP contribution in [0.3, 0.4) is 0 Å². The number of hydrogen-bond donors (Lipinski definition) is 2. The number of carbonyl (C=O) groups excluding carboxylic acids is 2. The lowest BCUT2D eigenvalue weighted by Crippen LogP contribution is -2.66. The van der Waals surface area contributed by atoms with Crippen LogP contribution in [-0.4, -0.2) is 35.6 Å². The molecular weight excluding hydrogens is 256 g/mol. The Morgan fingerprint density at radius 2 is 2.10 bits per heavy atom. The van der Waals surface area contributed by atoms with Crippen LogP contribution >= 0.6 is 0 Å². The van der Waals surface area contributed by atoms with Gasteiger partial charge < -0.3 is 20.9 Å². The van der Waals surface area contributed by atoms with Gasteiger partial charge in [-0.15, -0.1) is 0 Å². The fourth-order valence-electron chi connectivity index (χ4n) is 3.33. The molecule has 2 amide bonds. The average molecular weight is 274 g/mol. The predicted octanol–water partition coefficient (Wildman–Crippen LogP) is 0.700. The maximum atomic E-state index is 12.2. The summed E-state index contributed by atoms with van der Waals surface area (Å²) in [5, 5.41) is 3.25. The third kappa shape index (κ3) is 1.57. The van der Waals surface area contributed by atoms with Crippen LogP contribution in [0.5, 0.6) is 0 Å². The molecule has 0 bridgehead atoms. The van der Waals surface area contributed by atoms with Crippen LogP contribution in [0.15, 0.2) is 24.3 Å². The monoisotopic (exact) mass is 274 g/mol. The Kier molecular flexibility index (Phi) is 2.81. The van der Waals surface area contributed by atoms with E-state index in [1.54, 1.807) is 4.90 Å². The van der Waals surface area contributed by atoms with Crippen molar-refractivity contribution in [2.45, 2.75) is 25.4 Å². The van der Waals surface area contributed by atoms with Gasteiger partial charge in [0.2, 0.25) is 5.91 Å². The summed E-state index contributed by atoms with van der Waals surface area (Å²) in [5.41, 5.74) is 6.52. The second-order valence-corrected chi connectivity index (χ2v) is 5.24. The second kappa shape index (κ2) is 4.40. The molecule has 1 fully saturated rings. The van der Waals surface area contributed by atoms with Gasteiger partial charge in [0, 0.05) is 19.9 Å². The second-order valence-electron chi connectivity index (χ2n) is 5.24. The third-order valence-corrected chi connectivity index (χ3v) is 4.20. The maximum absolute atomic E-state index is 12.2. The highest BCUT2D eigenvalue weighted by Crippen LogP contribution is 2.41. The molecule has 1 unspecified atom stereocenters. The molecule has 1 aromatic carbocycles. The number of fused-ring (bicyclic) bond motifs is 1. The van der Waals surface area contributed by atoms with Crippen molar-refractivity contribution in [2.75, 3.05) is 23.4 Å². The van der Waals surface area contributed by atoms with Crippen LogP contribution in [0.4, 0.5) is 11.4 Å². The molecule has 0 aromatic heterocycles. The molecule has 0 aliphatic carbocycles. The van der Waals surface area contributed by atoms with Crippen LogP contribution in [0.2, 0.25) is 0 Å². The molecule has 0 radical (unpaired) electrons. The van der Waals surface area contributed by atoms with Crippen LogP contribution in [0.25, 0.3) is 0 Å². The predicted molar refractivity (Wildman–Crippen MR) is 76.0 cm³/mol. The van der Waals surface area contributed by atoms with E-state index in [4.69, 9.17) is 5.73 Å². The van der Waals surface area contributed by atoms with Crippen molar-refractivity contribution in [2.24, 2.45) is 5.73 Å². The van der Waals surface area contributed by atoms with Crippen molar-refractivity contribution in [3.8, 4) is 0 Å². The molecule has 3 N–H and O–H groups in total. The number of benzene rings is 1. The number of hydrogen-bond acceptors (Lipinski definition) is 4. The van der Waals surface area contributed by atoms with E-state index in [0.717, 1.165) is 17.8 Å². The fourth-order valence-corrected chi connectivity index (χ4v) is 3.33. The lowest BCUT2D eigenvalue weighted by Gasteiger charge is -2.43. The van der Waals surface area contributed by atoms with Crippen molar-refractivity contribution < 1.29 is 9.59 Å². The molecule has 20 heavy (non-hydrogen) atoms. The molecule has 1 saturated heterocycles. The zero-order valence-corrected chi connectivity index (χ0v) is 11.4. The minimum Gasteiger partial charge on any atom is -0.366 e. The zero-order chi connectivity index (χ0) is 14.3. The zero-order valence-electron chi connectivity index (χ0n) is 11.4. The topological polar surface area (TPSA) is 78.7 Å². The van der Waals surface area contributed by atoms with Crippen molar-refractivity contribution in [3.05, 3.63) is 24.3 Å². The van der Waals surface area contributed by atoms with Crippen molar-refractivity contribution in [1.82, 2.24) is 4.90 Å². The van der Waals surface area contributed by atoms with E-state index in [1.165, 1.54) is 6.92 Å². The molecule has 6 nitrogen and oxygen atoms in total. The van der Waals surface area contributed by atoms with Gasteiger partial charge in [-0.2, -0.15) is 0 Å². The molecule has 0 saturated carbocycles. The standard InChI is InChI=1S/C14H18N4O2/c1-10(19)17-8-4-7-14(17,13(15)20)18-9-16-11-5-2-3-6-12(11)18/h2-3,5-6,16H,4,7-9H2,1H3,(H2,15,20). The van der Waals surface area contributed by atoms with Gasteiger partial charge in [-0.05, 0) is 18.6 Å². The molecule has 106 valence electrons. The Balaban J connectivity index is 2.09. The summed E-state index contributed by atoms with van der Waals surface area (Å²) in [6.45, 7) is 2.53. The van der Waals surface area contributed by atoms with Crippen LogP contribution in [0, 0.1) is 0 Å². The summed E-state index contributed by atoms with van der Waals surface area (Å²) in [5.74, 6) is -0.589. The maximum Gasteiger partial charge on any atom is 0.264 e. The van der Waals surface area contributed by atoms with Gasteiger partial charge in [-0.1, -0.05) is 12.1 Å². The molecule has 2 heterocycles. The Hall–Kier alpha value is -2.24. The first-order valence-electron chi connectivity index (χ1n) is 6.76. The van der Waals surface area contributed by atoms with Gasteiger partial charge in [0.25, 0.3) is 5.91 Å². The number of nitrogens with one attached hydrogen (secondary N) is 1. The largest absolute Gasteiger partial charge is 0.366 e. The number of carbonyl (C=O) groups is 2.